The Morgan fingerprint density at radius 1 is 1.12 bits per heavy atom. The number of carbonyl (C=O) groups is 1. The summed E-state index contributed by atoms with van der Waals surface area (Å²) >= 11 is 0. The lowest BCUT2D eigenvalue weighted by Crippen LogP contribution is -2.60. The van der Waals surface area contributed by atoms with Crippen molar-refractivity contribution in [1.29, 1.82) is 0 Å². The molecule has 3 aromatic rings. The van der Waals surface area contributed by atoms with Gasteiger partial charge >= 0.3 is 6.18 Å². The van der Waals surface area contributed by atoms with Gasteiger partial charge in [0.15, 0.2) is 17.2 Å². The Hall–Kier alpha value is -3.27. The minimum atomic E-state index is -5.13. The van der Waals surface area contributed by atoms with E-state index in [1.54, 1.807) is 0 Å². The molecule has 0 spiro atoms. The second-order valence-electron chi connectivity index (χ2n) is 8.51. The number of hydrogen-bond acceptors (Lipinski definition) is 5. The summed E-state index contributed by atoms with van der Waals surface area (Å²) in [4.78, 5) is 21.1. The first kappa shape index (κ1) is 21.9. The zero-order valence-electron chi connectivity index (χ0n) is 17.0. The molecule has 2 aromatic carbocycles. The summed E-state index contributed by atoms with van der Waals surface area (Å²) in [6.45, 7) is 2.73. The van der Waals surface area contributed by atoms with Gasteiger partial charge in [-0.15, -0.1) is 0 Å². The Morgan fingerprint density at radius 2 is 1.78 bits per heavy atom. The Bertz CT molecular complexity index is 1230. The van der Waals surface area contributed by atoms with Gasteiger partial charge in [0, 0.05) is 23.5 Å². The Kier molecular flexibility index (Phi) is 4.89. The Morgan fingerprint density at radius 3 is 2.44 bits per heavy atom. The van der Waals surface area contributed by atoms with Gasteiger partial charge in [-0.1, -0.05) is 19.9 Å². The highest BCUT2D eigenvalue weighted by Crippen LogP contribution is 2.55. The van der Waals surface area contributed by atoms with Gasteiger partial charge in [0.2, 0.25) is 0 Å². The van der Waals surface area contributed by atoms with E-state index in [-0.39, 0.29) is 16.7 Å². The first-order chi connectivity index (χ1) is 14.8. The fourth-order valence-electron chi connectivity index (χ4n) is 4.43. The number of phenolic OH excluding ortho intramolecular Hbond substituents is 1. The SMILES string of the molecule is CC1(C)C[C@@](O)(C(F)(F)F)[C@H](NC(=O)c2ccc3nccnc3c2)c2ccc(F)c(O)c21. The third kappa shape index (κ3) is 3.35. The molecule has 4 rings (SSSR count). The van der Waals surface area contributed by atoms with E-state index in [0.29, 0.717) is 11.0 Å². The van der Waals surface area contributed by atoms with E-state index < -0.39 is 47.1 Å². The molecule has 0 saturated carbocycles. The van der Waals surface area contributed by atoms with E-state index in [2.05, 4.69) is 15.3 Å². The van der Waals surface area contributed by atoms with E-state index >= 15 is 0 Å². The zero-order chi connectivity index (χ0) is 23.5. The number of benzene rings is 2. The first-order valence-corrected chi connectivity index (χ1v) is 9.68. The number of aromatic hydroxyl groups is 1. The van der Waals surface area contributed by atoms with Gasteiger partial charge in [-0.2, -0.15) is 13.2 Å². The molecule has 0 aliphatic heterocycles. The lowest BCUT2D eigenvalue weighted by Gasteiger charge is -2.48. The van der Waals surface area contributed by atoms with Crippen LogP contribution in [0.15, 0.2) is 42.7 Å². The van der Waals surface area contributed by atoms with Crippen LogP contribution in [0.25, 0.3) is 11.0 Å². The monoisotopic (exact) mass is 449 g/mol. The maximum Gasteiger partial charge on any atom is 0.419 e. The van der Waals surface area contributed by atoms with Crippen molar-refractivity contribution < 1.29 is 32.6 Å². The predicted molar refractivity (Wildman–Crippen MR) is 106 cm³/mol. The van der Waals surface area contributed by atoms with Crippen molar-refractivity contribution in [3.05, 3.63) is 65.2 Å². The largest absolute Gasteiger partial charge is 0.505 e. The van der Waals surface area contributed by atoms with Crippen LogP contribution >= 0.6 is 0 Å². The third-order valence-electron chi connectivity index (χ3n) is 5.84. The molecule has 0 unspecified atom stereocenters. The molecule has 2 atom stereocenters. The maximum absolute atomic E-state index is 14.1. The standard InChI is InChI=1S/C22H19F4N3O3/c1-20(2)10-21(32,22(24,25)26)18(12-4-5-13(23)17(30)16(12)20)29-19(31)11-3-6-14-15(9-11)28-8-7-27-14/h3-9,18,30,32H,10H2,1-2H3,(H,29,31)/t18-,21+/m1/s1. The van der Waals surface area contributed by atoms with Gasteiger partial charge in [-0.25, -0.2) is 4.39 Å². The van der Waals surface area contributed by atoms with Crippen molar-refractivity contribution in [1.82, 2.24) is 15.3 Å². The lowest BCUT2D eigenvalue weighted by atomic mass is 9.63. The number of aromatic nitrogens is 2. The number of alkyl halides is 3. The number of phenols is 1. The first-order valence-electron chi connectivity index (χ1n) is 9.68. The summed E-state index contributed by atoms with van der Waals surface area (Å²) in [5.74, 6) is -2.72. The fraction of sp³-hybridized carbons (Fsp3) is 0.318. The van der Waals surface area contributed by atoms with Crippen LogP contribution in [-0.4, -0.2) is 37.9 Å². The number of halogens is 4. The third-order valence-corrected chi connectivity index (χ3v) is 5.84. The molecular formula is C22H19F4N3O3. The molecule has 168 valence electrons. The van der Waals surface area contributed by atoms with Gasteiger partial charge in [-0.05, 0) is 41.7 Å². The van der Waals surface area contributed by atoms with Crippen molar-refractivity contribution in [2.24, 2.45) is 0 Å². The molecule has 1 amide bonds. The van der Waals surface area contributed by atoms with Gasteiger partial charge in [0.25, 0.3) is 5.91 Å². The van der Waals surface area contributed by atoms with Crippen LogP contribution in [0.3, 0.4) is 0 Å². The normalized spacial score (nSPS) is 22.4. The average molecular weight is 449 g/mol. The minimum Gasteiger partial charge on any atom is -0.505 e. The second kappa shape index (κ2) is 7.13. The van der Waals surface area contributed by atoms with Crippen LogP contribution < -0.4 is 5.32 Å². The molecule has 1 aliphatic rings. The van der Waals surface area contributed by atoms with E-state index in [9.17, 15) is 32.6 Å². The molecule has 1 heterocycles. The van der Waals surface area contributed by atoms with Gasteiger partial charge < -0.3 is 15.5 Å². The van der Waals surface area contributed by atoms with E-state index in [0.717, 1.165) is 12.1 Å². The second-order valence-corrected chi connectivity index (χ2v) is 8.51. The van der Waals surface area contributed by atoms with Crippen LogP contribution in [0.1, 0.15) is 47.8 Å². The number of hydrogen-bond donors (Lipinski definition) is 3. The van der Waals surface area contributed by atoms with Crippen LogP contribution in [-0.2, 0) is 5.41 Å². The van der Waals surface area contributed by atoms with Crippen LogP contribution in [0.2, 0.25) is 0 Å². The van der Waals surface area contributed by atoms with E-state index in [4.69, 9.17) is 0 Å². The molecular weight excluding hydrogens is 430 g/mol. The van der Waals surface area contributed by atoms with Crippen molar-refractivity contribution in [3.8, 4) is 5.75 Å². The van der Waals surface area contributed by atoms with E-state index in [1.807, 2.05) is 0 Å². The fourth-order valence-corrected chi connectivity index (χ4v) is 4.43. The van der Waals surface area contributed by atoms with Gasteiger partial charge in [0.1, 0.15) is 0 Å². The average Bonchev–Trinajstić information content (AvgIpc) is 2.71. The number of amides is 1. The molecule has 0 radical (unpaired) electrons. The number of aliphatic hydroxyl groups is 1. The van der Waals surface area contributed by atoms with Gasteiger partial charge in [0.05, 0.1) is 17.1 Å². The Labute approximate surface area is 179 Å². The molecule has 32 heavy (non-hydrogen) atoms. The number of nitrogens with zero attached hydrogens (tertiary/aromatic N) is 2. The molecule has 3 N–H and O–H groups in total. The highest BCUT2D eigenvalue weighted by molar-refractivity contribution is 5.97. The molecule has 0 bridgehead atoms. The summed E-state index contributed by atoms with van der Waals surface area (Å²) in [5.41, 5.74) is -4.27. The molecule has 1 aromatic heterocycles. The van der Waals surface area contributed by atoms with Crippen molar-refractivity contribution in [2.75, 3.05) is 0 Å². The maximum atomic E-state index is 14.1. The number of fused-ring (bicyclic) bond motifs is 2. The smallest absolute Gasteiger partial charge is 0.419 e. The molecule has 0 saturated heterocycles. The van der Waals surface area contributed by atoms with Crippen LogP contribution in [0.4, 0.5) is 17.6 Å². The predicted octanol–water partition coefficient (Wildman–Crippen LogP) is 3.92. The quantitative estimate of drug-likeness (QED) is 0.516. The summed E-state index contributed by atoms with van der Waals surface area (Å²) < 4.78 is 56.3. The Balaban J connectivity index is 1.83. The minimum absolute atomic E-state index is 0.000224. The molecule has 6 nitrogen and oxygen atoms in total. The van der Waals surface area contributed by atoms with Crippen LogP contribution in [0.5, 0.6) is 5.75 Å². The van der Waals surface area contributed by atoms with E-state index in [1.165, 1.54) is 44.4 Å². The summed E-state index contributed by atoms with van der Waals surface area (Å²) in [6, 6.07) is 4.08. The summed E-state index contributed by atoms with van der Waals surface area (Å²) in [7, 11) is 0. The summed E-state index contributed by atoms with van der Waals surface area (Å²) in [5, 5.41) is 23.4. The lowest BCUT2D eigenvalue weighted by molar-refractivity contribution is -0.280. The highest BCUT2D eigenvalue weighted by atomic mass is 19.4. The number of rotatable bonds is 2. The van der Waals surface area contributed by atoms with Gasteiger partial charge in [-0.3, -0.25) is 14.8 Å². The highest BCUT2D eigenvalue weighted by Gasteiger charge is 2.64. The number of carbonyl (C=O) groups excluding carboxylic acids is 1. The molecule has 10 heteroatoms. The van der Waals surface area contributed by atoms with Crippen molar-refractivity contribution >= 4 is 16.9 Å². The summed E-state index contributed by atoms with van der Waals surface area (Å²) in [6.07, 6.45) is -3.17. The van der Waals surface area contributed by atoms with Crippen molar-refractivity contribution in [2.45, 2.75) is 43.5 Å². The topological polar surface area (TPSA) is 95.3 Å². The molecule has 1 aliphatic carbocycles. The molecule has 0 fully saturated rings. The number of nitrogens with one attached hydrogen (secondary N) is 1. The van der Waals surface area contributed by atoms with Crippen LogP contribution in [0, 0.1) is 5.82 Å². The zero-order valence-corrected chi connectivity index (χ0v) is 17.0. The van der Waals surface area contributed by atoms with Crippen molar-refractivity contribution in [3.63, 3.8) is 0 Å².